The summed E-state index contributed by atoms with van der Waals surface area (Å²) in [5.74, 6) is -2.31. The van der Waals surface area contributed by atoms with E-state index in [-0.39, 0.29) is 12.8 Å². The predicted molar refractivity (Wildman–Crippen MR) is 23.4 cm³/mol. The molecule has 0 unspecified atom stereocenters. The van der Waals surface area contributed by atoms with E-state index >= 15 is 0 Å². The summed E-state index contributed by atoms with van der Waals surface area (Å²) in [6, 6.07) is 0. The lowest BCUT2D eigenvalue weighted by Crippen LogP contribution is -2.06. The van der Waals surface area contributed by atoms with Gasteiger partial charge in [0.25, 0.3) is 0 Å². The Morgan fingerprint density at radius 1 is 1.00 bits per heavy atom. The van der Waals surface area contributed by atoms with Crippen molar-refractivity contribution in [1.82, 2.24) is 0 Å². The second kappa shape index (κ2) is 1.42. The first-order valence-corrected chi connectivity index (χ1v) is 2.59. The maximum atomic E-state index is 11.9. The van der Waals surface area contributed by atoms with Crippen molar-refractivity contribution in [2.45, 2.75) is 31.6 Å². The Kier molecular flexibility index (Phi) is 1.02. The molecule has 0 aromatic carbocycles. The Hall–Kier alpha value is -0.140. The molecule has 0 nitrogen and oxygen atoms in total. The van der Waals surface area contributed by atoms with E-state index in [1.807, 2.05) is 0 Å². The molecule has 7 heavy (non-hydrogen) atoms. The first-order valence-electron chi connectivity index (χ1n) is 2.59. The van der Waals surface area contributed by atoms with Crippen LogP contribution in [0.1, 0.15) is 25.7 Å². The zero-order valence-electron chi connectivity index (χ0n) is 4.08. The van der Waals surface area contributed by atoms with Crippen LogP contribution in [0.25, 0.3) is 0 Å². The molecular weight excluding hydrogens is 98.1 g/mol. The minimum atomic E-state index is -2.31. The van der Waals surface area contributed by atoms with Crippen LogP contribution in [0, 0.1) is 0 Å². The fourth-order valence-electron chi connectivity index (χ4n) is 0.892. The number of hydrogen-bond donors (Lipinski definition) is 0. The maximum Gasteiger partial charge on any atom is 0.248 e. The van der Waals surface area contributed by atoms with Crippen LogP contribution < -0.4 is 0 Å². The SMILES string of the molecule is FC1(F)CCCC1. The molecule has 1 saturated carbocycles. The highest BCUT2D eigenvalue weighted by Crippen LogP contribution is 2.33. The van der Waals surface area contributed by atoms with E-state index in [4.69, 9.17) is 0 Å². The fraction of sp³-hybridized carbons (Fsp3) is 1.00. The Labute approximate surface area is 41.5 Å². The Morgan fingerprint density at radius 3 is 1.57 bits per heavy atom. The van der Waals surface area contributed by atoms with Gasteiger partial charge in [-0.25, -0.2) is 8.78 Å². The van der Waals surface area contributed by atoms with Crippen LogP contribution in [-0.2, 0) is 0 Å². The van der Waals surface area contributed by atoms with E-state index in [0.717, 1.165) is 0 Å². The number of hydrogen-bond acceptors (Lipinski definition) is 0. The average molecular weight is 106 g/mol. The van der Waals surface area contributed by atoms with Crippen molar-refractivity contribution < 1.29 is 8.78 Å². The molecule has 0 bridgehead atoms. The molecule has 0 aromatic rings. The van der Waals surface area contributed by atoms with Crippen LogP contribution in [0.2, 0.25) is 0 Å². The summed E-state index contributed by atoms with van der Waals surface area (Å²) in [6.07, 6.45) is 1.67. The number of rotatable bonds is 0. The lowest BCUT2D eigenvalue weighted by atomic mass is 10.3. The third kappa shape index (κ3) is 1.11. The first kappa shape index (κ1) is 5.01. The molecular formula is C5H8F2. The molecule has 0 saturated heterocycles. The smallest absolute Gasteiger partial charge is 0.207 e. The molecule has 0 N–H and O–H groups in total. The molecule has 0 heterocycles. The summed E-state index contributed by atoms with van der Waals surface area (Å²) >= 11 is 0. The van der Waals surface area contributed by atoms with Gasteiger partial charge < -0.3 is 0 Å². The largest absolute Gasteiger partial charge is 0.248 e. The lowest BCUT2D eigenvalue weighted by molar-refractivity contribution is 0.00932. The van der Waals surface area contributed by atoms with Crippen molar-refractivity contribution in [3.8, 4) is 0 Å². The third-order valence-electron chi connectivity index (χ3n) is 1.34. The van der Waals surface area contributed by atoms with Crippen molar-refractivity contribution >= 4 is 0 Å². The average Bonchev–Trinajstić information content (AvgIpc) is 1.84. The molecule has 2 heteroatoms. The minimum Gasteiger partial charge on any atom is -0.207 e. The lowest BCUT2D eigenvalue weighted by Gasteiger charge is -2.03. The van der Waals surface area contributed by atoms with E-state index in [0.29, 0.717) is 12.8 Å². The zero-order valence-corrected chi connectivity index (χ0v) is 4.08. The summed E-state index contributed by atoms with van der Waals surface area (Å²) in [4.78, 5) is 0. The zero-order chi connectivity index (χ0) is 5.33. The van der Waals surface area contributed by atoms with Gasteiger partial charge in [0.1, 0.15) is 0 Å². The van der Waals surface area contributed by atoms with Crippen molar-refractivity contribution in [3.63, 3.8) is 0 Å². The Balaban J connectivity index is 2.40. The van der Waals surface area contributed by atoms with Crippen LogP contribution >= 0.6 is 0 Å². The molecule has 0 atom stereocenters. The van der Waals surface area contributed by atoms with Gasteiger partial charge in [0.05, 0.1) is 0 Å². The van der Waals surface area contributed by atoms with Crippen LogP contribution in [0.5, 0.6) is 0 Å². The van der Waals surface area contributed by atoms with E-state index in [1.54, 1.807) is 0 Å². The van der Waals surface area contributed by atoms with E-state index < -0.39 is 5.92 Å². The molecule has 1 fully saturated rings. The molecule has 0 radical (unpaired) electrons. The minimum absolute atomic E-state index is 0.118. The first-order chi connectivity index (χ1) is 3.21. The monoisotopic (exact) mass is 106 g/mol. The van der Waals surface area contributed by atoms with E-state index in [1.165, 1.54) is 0 Å². The maximum absolute atomic E-state index is 11.9. The van der Waals surface area contributed by atoms with Gasteiger partial charge in [0.2, 0.25) is 5.92 Å². The molecule has 1 aliphatic rings. The van der Waals surface area contributed by atoms with Crippen molar-refractivity contribution in [2.24, 2.45) is 0 Å². The highest BCUT2D eigenvalue weighted by Gasteiger charge is 2.32. The van der Waals surface area contributed by atoms with E-state index in [9.17, 15) is 8.78 Å². The van der Waals surface area contributed by atoms with Crippen molar-refractivity contribution in [3.05, 3.63) is 0 Å². The normalized spacial score (nSPS) is 28.3. The summed E-state index contributed by atoms with van der Waals surface area (Å²) in [6.45, 7) is 0. The fourth-order valence-corrected chi connectivity index (χ4v) is 0.892. The second-order valence-electron chi connectivity index (χ2n) is 2.06. The van der Waals surface area contributed by atoms with Crippen molar-refractivity contribution in [1.29, 1.82) is 0 Å². The van der Waals surface area contributed by atoms with Crippen LogP contribution in [-0.4, -0.2) is 5.92 Å². The van der Waals surface area contributed by atoms with Gasteiger partial charge in [-0.05, 0) is 12.8 Å². The number of alkyl halides is 2. The third-order valence-corrected chi connectivity index (χ3v) is 1.34. The standard InChI is InChI=1S/C5H8F2/c6-5(7)3-1-2-4-5/h1-4H2. The van der Waals surface area contributed by atoms with E-state index in [2.05, 4.69) is 0 Å². The number of halogens is 2. The summed E-state index contributed by atoms with van der Waals surface area (Å²) in [5, 5.41) is 0. The van der Waals surface area contributed by atoms with Crippen LogP contribution in [0.15, 0.2) is 0 Å². The van der Waals surface area contributed by atoms with Crippen LogP contribution in [0.4, 0.5) is 8.78 Å². The van der Waals surface area contributed by atoms with Crippen LogP contribution in [0.3, 0.4) is 0 Å². The molecule has 0 amide bonds. The van der Waals surface area contributed by atoms with Gasteiger partial charge in [-0.3, -0.25) is 0 Å². The summed E-state index contributed by atoms with van der Waals surface area (Å²) in [5.41, 5.74) is 0. The summed E-state index contributed by atoms with van der Waals surface area (Å²) < 4.78 is 23.9. The quantitative estimate of drug-likeness (QED) is 0.444. The molecule has 1 aliphatic carbocycles. The van der Waals surface area contributed by atoms with Crippen molar-refractivity contribution in [2.75, 3.05) is 0 Å². The highest BCUT2D eigenvalue weighted by molar-refractivity contribution is 4.72. The van der Waals surface area contributed by atoms with Gasteiger partial charge in [-0.15, -0.1) is 0 Å². The topological polar surface area (TPSA) is 0 Å². The molecule has 1 rings (SSSR count). The Bertz CT molecular complexity index is 60.5. The molecule has 0 spiro atoms. The van der Waals surface area contributed by atoms with Gasteiger partial charge >= 0.3 is 0 Å². The highest BCUT2D eigenvalue weighted by atomic mass is 19.3. The van der Waals surface area contributed by atoms with Gasteiger partial charge in [-0.1, -0.05) is 0 Å². The molecule has 0 aliphatic heterocycles. The summed E-state index contributed by atoms with van der Waals surface area (Å²) in [7, 11) is 0. The van der Waals surface area contributed by atoms with Gasteiger partial charge in [-0.2, -0.15) is 0 Å². The van der Waals surface area contributed by atoms with Gasteiger partial charge in [0, 0.05) is 12.8 Å². The second-order valence-corrected chi connectivity index (χ2v) is 2.06. The van der Waals surface area contributed by atoms with Gasteiger partial charge in [0.15, 0.2) is 0 Å². The predicted octanol–water partition coefficient (Wildman–Crippen LogP) is 2.20. The molecule has 42 valence electrons. The Morgan fingerprint density at radius 2 is 1.43 bits per heavy atom. The molecule has 0 aromatic heterocycles.